The first-order chi connectivity index (χ1) is 15.5. The average molecular weight is 438 g/mol. The Bertz CT molecular complexity index is 1070. The van der Waals surface area contributed by atoms with Gasteiger partial charge in [-0.15, -0.1) is 0 Å². The van der Waals surface area contributed by atoms with Crippen molar-refractivity contribution in [1.82, 2.24) is 20.3 Å². The maximum atomic E-state index is 12.3. The van der Waals surface area contributed by atoms with Crippen LogP contribution in [0, 0.1) is 0 Å². The Morgan fingerprint density at radius 3 is 2.31 bits per heavy atom. The summed E-state index contributed by atoms with van der Waals surface area (Å²) in [4.78, 5) is 36.5. The molecule has 0 saturated carbocycles. The van der Waals surface area contributed by atoms with Crippen LogP contribution in [0.5, 0.6) is 11.5 Å². The lowest BCUT2D eigenvalue weighted by atomic mass is 10.2. The van der Waals surface area contributed by atoms with Crippen LogP contribution in [-0.2, 0) is 16.1 Å². The fourth-order valence-electron chi connectivity index (χ4n) is 2.60. The van der Waals surface area contributed by atoms with E-state index >= 15 is 0 Å². The largest absolute Gasteiger partial charge is 0.497 e. The first-order valence-corrected chi connectivity index (χ1v) is 9.46. The van der Waals surface area contributed by atoms with Gasteiger partial charge in [-0.2, -0.15) is 15.0 Å². The number of nitrogens with two attached hydrogens (primary N) is 1. The summed E-state index contributed by atoms with van der Waals surface area (Å²) < 4.78 is 15.4. The molecule has 3 rings (SSSR count). The summed E-state index contributed by atoms with van der Waals surface area (Å²) >= 11 is 0. The molecule has 0 radical (unpaired) electrons. The van der Waals surface area contributed by atoms with Crippen LogP contribution in [0.2, 0.25) is 0 Å². The second-order valence-corrected chi connectivity index (χ2v) is 6.37. The number of hydrogen-bond donors (Lipinski definition) is 3. The van der Waals surface area contributed by atoms with E-state index in [2.05, 4.69) is 25.6 Å². The molecule has 3 aromatic rings. The minimum Gasteiger partial charge on any atom is -0.497 e. The molecule has 0 fully saturated rings. The molecule has 0 spiro atoms. The number of hydrogen-bond acceptors (Lipinski definition) is 10. The summed E-state index contributed by atoms with van der Waals surface area (Å²) in [5.41, 5.74) is 6.75. The van der Waals surface area contributed by atoms with Crippen LogP contribution in [0.4, 0.5) is 17.6 Å². The third kappa shape index (κ3) is 6.29. The van der Waals surface area contributed by atoms with Gasteiger partial charge in [-0.05, 0) is 24.3 Å². The van der Waals surface area contributed by atoms with Gasteiger partial charge in [-0.25, -0.2) is 0 Å². The number of benzene rings is 2. The van der Waals surface area contributed by atoms with E-state index in [4.69, 9.17) is 19.9 Å². The fourth-order valence-corrected chi connectivity index (χ4v) is 2.60. The number of amides is 1. The molecule has 0 saturated heterocycles. The first-order valence-electron chi connectivity index (χ1n) is 9.46. The smallest absolute Gasteiger partial charge is 0.325 e. The highest BCUT2D eigenvalue weighted by Gasteiger charge is 2.13. The lowest BCUT2D eigenvalue weighted by Crippen LogP contribution is -2.30. The molecule has 11 nitrogen and oxygen atoms in total. The number of aromatic nitrogens is 3. The minimum atomic E-state index is -0.676. The van der Waals surface area contributed by atoms with Gasteiger partial charge in [0.05, 0.1) is 14.2 Å². The van der Waals surface area contributed by atoms with Gasteiger partial charge in [-0.3, -0.25) is 9.59 Å². The van der Waals surface area contributed by atoms with Crippen molar-refractivity contribution in [1.29, 1.82) is 0 Å². The molecule has 11 heteroatoms. The SMILES string of the molecule is COc1cc(OC)cc(C(=O)NCC(=O)OCc2nc(N)nc(Nc3ccccc3)n2)c1. The molecule has 0 bridgehead atoms. The molecule has 166 valence electrons. The Morgan fingerprint density at radius 1 is 0.969 bits per heavy atom. The van der Waals surface area contributed by atoms with Gasteiger partial charge >= 0.3 is 5.97 Å². The summed E-state index contributed by atoms with van der Waals surface area (Å²) in [5, 5.41) is 5.47. The summed E-state index contributed by atoms with van der Waals surface area (Å²) in [6, 6.07) is 13.9. The van der Waals surface area contributed by atoms with E-state index in [9.17, 15) is 9.59 Å². The Balaban J connectivity index is 1.54. The van der Waals surface area contributed by atoms with Crippen LogP contribution in [0.25, 0.3) is 0 Å². The Morgan fingerprint density at radius 2 is 1.66 bits per heavy atom. The van der Waals surface area contributed by atoms with Crippen molar-refractivity contribution in [2.45, 2.75) is 6.61 Å². The van der Waals surface area contributed by atoms with Crippen molar-refractivity contribution in [3.63, 3.8) is 0 Å². The van der Waals surface area contributed by atoms with Crippen molar-refractivity contribution >= 4 is 29.5 Å². The predicted octanol–water partition coefficient (Wildman–Crippen LogP) is 1.69. The van der Waals surface area contributed by atoms with E-state index in [1.807, 2.05) is 30.3 Å². The quantitative estimate of drug-likeness (QED) is 0.421. The van der Waals surface area contributed by atoms with Crippen molar-refractivity contribution in [3.05, 3.63) is 59.9 Å². The van der Waals surface area contributed by atoms with Crippen molar-refractivity contribution in [2.75, 3.05) is 31.8 Å². The molecular weight excluding hydrogens is 416 g/mol. The number of carbonyl (C=O) groups excluding carboxylic acids is 2. The highest BCUT2D eigenvalue weighted by molar-refractivity contribution is 5.96. The number of esters is 1. The minimum absolute atomic E-state index is 0.0234. The number of nitrogen functional groups attached to an aromatic ring is 1. The number of nitrogens with zero attached hydrogens (tertiary/aromatic N) is 3. The fraction of sp³-hybridized carbons (Fsp3) is 0.190. The Kier molecular flexibility index (Phi) is 7.36. The van der Waals surface area contributed by atoms with Gasteiger partial charge in [0.15, 0.2) is 12.4 Å². The van der Waals surface area contributed by atoms with Crippen LogP contribution >= 0.6 is 0 Å². The Labute approximate surface area is 183 Å². The van der Waals surface area contributed by atoms with Gasteiger partial charge in [0.25, 0.3) is 5.91 Å². The molecule has 0 aliphatic carbocycles. The number of anilines is 3. The van der Waals surface area contributed by atoms with Crippen molar-refractivity contribution in [3.8, 4) is 11.5 Å². The second kappa shape index (κ2) is 10.6. The van der Waals surface area contributed by atoms with Crippen LogP contribution in [-0.4, -0.2) is 47.6 Å². The topological polar surface area (TPSA) is 151 Å². The number of carbonyl (C=O) groups is 2. The molecular formula is C21H22N6O5. The zero-order valence-electron chi connectivity index (χ0n) is 17.5. The molecule has 0 atom stereocenters. The lowest BCUT2D eigenvalue weighted by Gasteiger charge is -2.10. The maximum Gasteiger partial charge on any atom is 0.325 e. The van der Waals surface area contributed by atoms with E-state index in [1.165, 1.54) is 26.4 Å². The van der Waals surface area contributed by atoms with Gasteiger partial charge in [0, 0.05) is 17.3 Å². The summed E-state index contributed by atoms with van der Waals surface area (Å²) in [6.45, 7) is -0.591. The number of rotatable bonds is 9. The zero-order valence-corrected chi connectivity index (χ0v) is 17.5. The molecule has 2 aromatic carbocycles. The molecule has 0 unspecified atom stereocenters. The van der Waals surface area contributed by atoms with Crippen LogP contribution in [0.1, 0.15) is 16.2 Å². The van der Waals surface area contributed by atoms with Crippen LogP contribution in [0.15, 0.2) is 48.5 Å². The number of ether oxygens (including phenoxy) is 3. The van der Waals surface area contributed by atoms with Crippen LogP contribution in [0.3, 0.4) is 0 Å². The lowest BCUT2D eigenvalue weighted by molar-refractivity contribution is -0.143. The Hall–Kier alpha value is -4.41. The zero-order chi connectivity index (χ0) is 22.9. The molecule has 0 aliphatic rings. The van der Waals surface area contributed by atoms with E-state index in [0.717, 1.165) is 5.69 Å². The van der Waals surface area contributed by atoms with Crippen molar-refractivity contribution < 1.29 is 23.8 Å². The normalized spacial score (nSPS) is 10.2. The number of nitrogens with one attached hydrogen (secondary N) is 2. The molecule has 32 heavy (non-hydrogen) atoms. The third-order valence-electron chi connectivity index (χ3n) is 4.10. The maximum absolute atomic E-state index is 12.3. The highest BCUT2D eigenvalue weighted by atomic mass is 16.5. The summed E-state index contributed by atoms with van der Waals surface area (Å²) in [5.74, 6) is 0.0874. The van der Waals surface area contributed by atoms with Gasteiger partial charge in [0.2, 0.25) is 11.9 Å². The number of para-hydroxylation sites is 1. The molecule has 1 amide bonds. The van der Waals surface area contributed by atoms with E-state index < -0.39 is 11.9 Å². The monoisotopic (exact) mass is 438 g/mol. The van der Waals surface area contributed by atoms with Gasteiger partial charge in [0.1, 0.15) is 18.0 Å². The van der Waals surface area contributed by atoms with E-state index in [-0.39, 0.29) is 36.4 Å². The third-order valence-corrected chi connectivity index (χ3v) is 4.10. The molecule has 0 aliphatic heterocycles. The standard InChI is InChI=1S/C21H22N6O5/c1-30-15-8-13(9-16(10-15)31-2)19(29)23-11-18(28)32-12-17-25-20(22)27-21(26-17)24-14-6-4-3-5-7-14/h3-10H,11-12H2,1-2H3,(H,23,29)(H3,22,24,25,26,27). The van der Waals surface area contributed by atoms with Crippen LogP contribution < -0.4 is 25.8 Å². The highest BCUT2D eigenvalue weighted by Crippen LogP contribution is 2.22. The van der Waals surface area contributed by atoms with E-state index in [1.54, 1.807) is 6.07 Å². The van der Waals surface area contributed by atoms with Crippen molar-refractivity contribution in [2.24, 2.45) is 0 Å². The number of methoxy groups -OCH3 is 2. The average Bonchev–Trinajstić information content (AvgIpc) is 2.81. The second-order valence-electron chi connectivity index (χ2n) is 6.37. The van der Waals surface area contributed by atoms with E-state index in [0.29, 0.717) is 11.5 Å². The summed E-state index contributed by atoms with van der Waals surface area (Å²) in [6.07, 6.45) is 0. The molecule has 1 heterocycles. The van der Waals surface area contributed by atoms with Gasteiger partial charge in [-0.1, -0.05) is 18.2 Å². The molecule has 4 N–H and O–H groups in total. The predicted molar refractivity (Wildman–Crippen MR) is 116 cm³/mol. The van der Waals surface area contributed by atoms with Gasteiger partial charge < -0.3 is 30.6 Å². The molecule has 1 aromatic heterocycles. The first kappa shape index (κ1) is 22.3. The summed E-state index contributed by atoms with van der Waals surface area (Å²) in [7, 11) is 2.95.